The van der Waals surface area contributed by atoms with Crippen LogP contribution in [-0.2, 0) is 20.9 Å². The van der Waals surface area contributed by atoms with Crippen molar-refractivity contribution in [2.75, 3.05) is 13.2 Å². The molecule has 0 spiro atoms. The summed E-state index contributed by atoms with van der Waals surface area (Å²) in [6.07, 6.45) is 1.37. The molecule has 2 aliphatic rings. The van der Waals surface area contributed by atoms with Gasteiger partial charge in [0.1, 0.15) is 13.2 Å². The highest BCUT2D eigenvalue weighted by molar-refractivity contribution is 5.87. The third-order valence-electron chi connectivity index (χ3n) is 7.91. The van der Waals surface area contributed by atoms with E-state index in [0.29, 0.717) is 12.8 Å². The first-order valence-electron chi connectivity index (χ1n) is 13.0. The van der Waals surface area contributed by atoms with Crippen LogP contribution in [0.2, 0.25) is 0 Å². The lowest BCUT2D eigenvalue weighted by Gasteiger charge is -2.35. The van der Waals surface area contributed by atoms with Crippen molar-refractivity contribution in [1.29, 1.82) is 0 Å². The quantitative estimate of drug-likeness (QED) is 0.433. The van der Waals surface area contributed by atoms with Gasteiger partial charge in [0.25, 0.3) is 0 Å². The number of alkyl carbamates (subject to hydrolysis) is 1. The molecule has 1 saturated carbocycles. The minimum Gasteiger partial charge on any atom is -0.480 e. The largest absolute Gasteiger partial charge is 0.480 e. The second-order valence-electron chi connectivity index (χ2n) is 10.4. The van der Waals surface area contributed by atoms with E-state index >= 15 is 0 Å². The number of carbonyl (C=O) groups excluding carboxylic acids is 2. The van der Waals surface area contributed by atoms with Crippen LogP contribution in [0, 0.1) is 5.41 Å². The number of fused-ring (bicyclic) bond motifs is 3. The van der Waals surface area contributed by atoms with Crippen molar-refractivity contribution in [3.63, 3.8) is 0 Å². The zero-order chi connectivity index (χ0) is 26.7. The van der Waals surface area contributed by atoms with Crippen molar-refractivity contribution in [2.45, 2.75) is 44.7 Å². The number of carbonyl (C=O) groups is 3. The van der Waals surface area contributed by atoms with Crippen LogP contribution in [0.15, 0.2) is 78.9 Å². The number of carboxylic acids is 1. The maximum Gasteiger partial charge on any atom is 0.407 e. The van der Waals surface area contributed by atoms with E-state index in [4.69, 9.17) is 4.74 Å². The molecule has 2 aliphatic carbocycles. The molecule has 7 nitrogen and oxygen atoms in total. The Morgan fingerprint density at radius 3 is 2.18 bits per heavy atom. The average molecular weight is 513 g/mol. The minimum absolute atomic E-state index is 0.0540. The molecule has 0 bridgehead atoms. The Morgan fingerprint density at radius 2 is 1.55 bits per heavy atom. The summed E-state index contributed by atoms with van der Waals surface area (Å²) >= 11 is 0. The summed E-state index contributed by atoms with van der Waals surface area (Å²) < 4.78 is 5.73. The van der Waals surface area contributed by atoms with Crippen molar-refractivity contribution in [3.8, 4) is 11.1 Å². The predicted octanol–water partition coefficient (Wildman–Crippen LogP) is 5.20. The summed E-state index contributed by atoms with van der Waals surface area (Å²) in [5.74, 6) is -1.40. The van der Waals surface area contributed by atoms with Gasteiger partial charge in [0, 0.05) is 18.5 Å². The van der Waals surface area contributed by atoms with E-state index in [2.05, 4.69) is 29.6 Å². The summed E-state index contributed by atoms with van der Waals surface area (Å²) in [6.45, 7) is 1.80. The van der Waals surface area contributed by atoms with Gasteiger partial charge in [0.15, 0.2) is 0 Å². The van der Waals surface area contributed by atoms with Gasteiger partial charge in [-0.2, -0.15) is 0 Å². The normalized spacial score (nSPS) is 19.9. The molecular weight excluding hydrogens is 480 g/mol. The summed E-state index contributed by atoms with van der Waals surface area (Å²) in [6, 6.07) is 25.2. The van der Waals surface area contributed by atoms with E-state index in [0.717, 1.165) is 34.2 Å². The number of benzene rings is 3. The molecule has 0 radical (unpaired) electrons. The van der Waals surface area contributed by atoms with Gasteiger partial charge in [-0.25, -0.2) is 4.79 Å². The number of nitrogens with one attached hydrogen (secondary N) is 1. The Hall–Kier alpha value is -4.13. The van der Waals surface area contributed by atoms with Crippen LogP contribution in [0.25, 0.3) is 11.1 Å². The molecule has 0 saturated heterocycles. The fraction of sp³-hybridized carbons (Fsp3) is 0.323. The SMILES string of the molecule is CC1(C(=O)N(CC(=O)O)Cc2ccccc2)CCCC1NC(=O)OCC1c2ccccc2-c2ccccc21. The first-order valence-corrected chi connectivity index (χ1v) is 13.0. The van der Waals surface area contributed by atoms with Crippen molar-refractivity contribution >= 4 is 18.0 Å². The highest BCUT2D eigenvalue weighted by atomic mass is 16.5. The van der Waals surface area contributed by atoms with E-state index in [1.807, 2.05) is 61.5 Å². The molecule has 2 atom stereocenters. The van der Waals surface area contributed by atoms with Gasteiger partial charge < -0.3 is 20.1 Å². The van der Waals surface area contributed by atoms with Gasteiger partial charge in [0.05, 0.1) is 5.41 Å². The number of aliphatic carboxylic acids is 1. The summed E-state index contributed by atoms with van der Waals surface area (Å²) in [5, 5.41) is 12.4. The molecule has 2 unspecified atom stereocenters. The Labute approximate surface area is 222 Å². The van der Waals surface area contributed by atoms with Crippen LogP contribution in [-0.4, -0.2) is 47.2 Å². The molecule has 2 amide bonds. The third kappa shape index (κ3) is 5.01. The Kier molecular flexibility index (Phi) is 7.18. The van der Waals surface area contributed by atoms with E-state index in [9.17, 15) is 19.5 Å². The van der Waals surface area contributed by atoms with Crippen LogP contribution >= 0.6 is 0 Å². The van der Waals surface area contributed by atoms with Gasteiger partial charge >= 0.3 is 12.1 Å². The third-order valence-corrected chi connectivity index (χ3v) is 7.91. The van der Waals surface area contributed by atoms with Crippen molar-refractivity contribution in [1.82, 2.24) is 10.2 Å². The van der Waals surface area contributed by atoms with Gasteiger partial charge in [-0.15, -0.1) is 0 Å². The smallest absolute Gasteiger partial charge is 0.407 e. The van der Waals surface area contributed by atoms with E-state index in [1.165, 1.54) is 4.90 Å². The molecule has 0 aromatic heterocycles. The molecule has 7 heteroatoms. The molecule has 5 rings (SSSR count). The van der Waals surface area contributed by atoms with Gasteiger partial charge in [0.2, 0.25) is 5.91 Å². The zero-order valence-corrected chi connectivity index (χ0v) is 21.4. The summed E-state index contributed by atoms with van der Waals surface area (Å²) in [4.78, 5) is 39.6. The molecule has 38 heavy (non-hydrogen) atoms. The Bertz CT molecular complexity index is 1300. The lowest BCUT2D eigenvalue weighted by atomic mass is 9.83. The van der Waals surface area contributed by atoms with Crippen LogP contribution in [0.1, 0.15) is 48.8 Å². The number of rotatable bonds is 8. The molecular formula is C31H32N2O5. The van der Waals surface area contributed by atoms with Crippen LogP contribution in [0.4, 0.5) is 4.79 Å². The molecule has 196 valence electrons. The summed E-state index contributed by atoms with van der Waals surface area (Å²) in [7, 11) is 0. The van der Waals surface area contributed by atoms with Crippen LogP contribution in [0.3, 0.4) is 0 Å². The fourth-order valence-corrected chi connectivity index (χ4v) is 5.96. The topological polar surface area (TPSA) is 95.9 Å². The monoisotopic (exact) mass is 512 g/mol. The molecule has 2 N–H and O–H groups in total. The Morgan fingerprint density at radius 1 is 0.947 bits per heavy atom. The lowest BCUT2D eigenvalue weighted by molar-refractivity contribution is -0.150. The van der Waals surface area contributed by atoms with Crippen molar-refractivity contribution < 1.29 is 24.2 Å². The number of amides is 2. The number of hydrogen-bond acceptors (Lipinski definition) is 4. The Balaban J connectivity index is 1.27. The average Bonchev–Trinajstić information content (AvgIpc) is 3.45. The highest BCUT2D eigenvalue weighted by Gasteiger charge is 2.48. The van der Waals surface area contributed by atoms with Crippen LogP contribution < -0.4 is 5.32 Å². The van der Waals surface area contributed by atoms with E-state index < -0.39 is 30.1 Å². The minimum atomic E-state index is -1.07. The van der Waals surface area contributed by atoms with Gasteiger partial charge in [-0.1, -0.05) is 85.3 Å². The van der Waals surface area contributed by atoms with Gasteiger partial charge in [-0.3, -0.25) is 9.59 Å². The fourth-order valence-electron chi connectivity index (χ4n) is 5.96. The second-order valence-corrected chi connectivity index (χ2v) is 10.4. The maximum absolute atomic E-state index is 13.7. The molecule has 3 aromatic rings. The number of ether oxygens (including phenoxy) is 1. The maximum atomic E-state index is 13.7. The van der Waals surface area contributed by atoms with Crippen LogP contribution in [0.5, 0.6) is 0 Å². The van der Waals surface area contributed by atoms with E-state index in [-0.39, 0.29) is 25.0 Å². The lowest BCUT2D eigenvalue weighted by Crippen LogP contribution is -2.53. The molecule has 3 aromatic carbocycles. The number of carboxylic acid groups (broad SMARTS) is 1. The molecule has 0 aliphatic heterocycles. The second kappa shape index (κ2) is 10.7. The van der Waals surface area contributed by atoms with E-state index in [1.54, 1.807) is 0 Å². The number of nitrogens with zero attached hydrogens (tertiary/aromatic N) is 1. The molecule has 1 fully saturated rings. The summed E-state index contributed by atoms with van der Waals surface area (Å²) in [5.41, 5.74) is 4.51. The highest BCUT2D eigenvalue weighted by Crippen LogP contribution is 2.45. The number of hydrogen-bond donors (Lipinski definition) is 2. The molecule has 0 heterocycles. The first-order chi connectivity index (χ1) is 18.4. The van der Waals surface area contributed by atoms with Gasteiger partial charge in [-0.05, 0) is 47.6 Å². The standard InChI is InChI=1S/C31H32N2O5/c1-31(29(36)33(19-28(34)35)18-21-10-3-2-4-11-21)17-9-16-27(31)32-30(37)38-20-26-24-14-7-5-12-22(24)23-13-6-8-15-25(23)26/h2-8,10-15,26-27H,9,16-20H2,1H3,(H,32,37)(H,34,35). The first kappa shape index (κ1) is 25.5. The zero-order valence-electron chi connectivity index (χ0n) is 21.4. The van der Waals surface area contributed by atoms with Crippen molar-refractivity contribution in [3.05, 3.63) is 95.6 Å². The van der Waals surface area contributed by atoms with Crippen molar-refractivity contribution in [2.24, 2.45) is 5.41 Å². The predicted molar refractivity (Wildman–Crippen MR) is 143 cm³/mol.